The highest BCUT2D eigenvalue weighted by Gasteiger charge is 2.09. The van der Waals surface area contributed by atoms with Gasteiger partial charge in [-0.1, -0.05) is 43.3 Å². The summed E-state index contributed by atoms with van der Waals surface area (Å²) in [5.41, 5.74) is 4.47. The van der Waals surface area contributed by atoms with Crippen LogP contribution in [0, 0.1) is 0 Å². The van der Waals surface area contributed by atoms with Crippen molar-refractivity contribution in [1.82, 2.24) is 9.13 Å². The lowest BCUT2D eigenvalue weighted by atomic mass is 10.1. The minimum atomic E-state index is 0.0331. The van der Waals surface area contributed by atoms with Gasteiger partial charge in [0, 0.05) is 7.05 Å². The minimum absolute atomic E-state index is 0.0331. The van der Waals surface area contributed by atoms with Crippen molar-refractivity contribution < 1.29 is 0 Å². The Morgan fingerprint density at radius 3 is 2.15 bits per heavy atom. The second-order valence-corrected chi connectivity index (χ2v) is 5.09. The Morgan fingerprint density at radius 2 is 1.50 bits per heavy atom. The Kier molecular flexibility index (Phi) is 3.18. The summed E-state index contributed by atoms with van der Waals surface area (Å²) in [5, 5.41) is 0. The average Bonchev–Trinajstić information content (AvgIpc) is 2.74. The number of aryl methyl sites for hydroxylation is 2. The van der Waals surface area contributed by atoms with Gasteiger partial charge in [-0.25, -0.2) is 4.79 Å². The maximum Gasteiger partial charge on any atom is 0.329 e. The van der Waals surface area contributed by atoms with Crippen LogP contribution in [0.4, 0.5) is 0 Å². The Morgan fingerprint density at radius 1 is 0.900 bits per heavy atom. The van der Waals surface area contributed by atoms with E-state index < -0.39 is 0 Å². The molecule has 0 aliphatic carbocycles. The Bertz CT molecular complexity index is 794. The lowest BCUT2D eigenvalue weighted by molar-refractivity contribution is 0.736. The van der Waals surface area contributed by atoms with Gasteiger partial charge in [-0.2, -0.15) is 0 Å². The van der Waals surface area contributed by atoms with Crippen molar-refractivity contribution in [3.63, 3.8) is 0 Å². The van der Waals surface area contributed by atoms with E-state index in [2.05, 4.69) is 31.2 Å². The van der Waals surface area contributed by atoms with E-state index in [-0.39, 0.29) is 5.69 Å². The third kappa shape index (κ3) is 2.05. The molecule has 0 amide bonds. The van der Waals surface area contributed by atoms with Gasteiger partial charge in [0.05, 0.1) is 17.6 Å². The zero-order valence-corrected chi connectivity index (χ0v) is 11.8. The van der Waals surface area contributed by atoms with Crippen LogP contribution in [0.2, 0.25) is 0 Å². The first-order valence-corrected chi connectivity index (χ1v) is 6.92. The molecular formula is C17H18N2O. The highest BCUT2D eigenvalue weighted by Crippen LogP contribution is 2.14. The quantitative estimate of drug-likeness (QED) is 0.716. The molecule has 0 radical (unpaired) electrons. The topological polar surface area (TPSA) is 26.9 Å². The summed E-state index contributed by atoms with van der Waals surface area (Å²) in [4.78, 5) is 12.3. The maximum absolute atomic E-state index is 12.3. The van der Waals surface area contributed by atoms with Crippen LogP contribution in [-0.2, 0) is 20.0 Å². The van der Waals surface area contributed by atoms with Crippen molar-refractivity contribution in [3.05, 3.63) is 70.1 Å². The van der Waals surface area contributed by atoms with Crippen LogP contribution in [-0.4, -0.2) is 9.13 Å². The summed E-state index contributed by atoms with van der Waals surface area (Å²) < 4.78 is 3.53. The molecule has 3 aromatic rings. The van der Waals surface area contributed by atoms with Crippen LogP contribution in [0.1, 0.15) is 18.1 Å². The van der Waals surface area contributed by atoms with E-state index in [0.29, 0.717) is 6.54 Å². The zero-order valence-electron chi connectivity index (χ0n) is 11.8. The number of fused-ring (bicyclic) bond motifs is 1. The molecule has 102 valence electrons. The molecule has 1 aromatic heterocycles. The molecule has 0 bridgehead atoms. The second kappa shape index (κ2) is 5.00. The van der Waals surface area contributed by atoms with Gasteiger partial charge < -0.3 is 0 Å². The predicted molar refractivity (Wildman–Crippen MR) is 82.1 cm³/mol. The summed E-state index contributed by atoms with van der Waals surface area (Å²) in [6.07, 6.45) is 1.04. The fourth-order valence-corrected chi connectivity index (χ4v) is 2.58. The maximum atomic E-state index is 12.3. The molecule has 0 saturated carbocycles. The molecule has 0 aliphatic rings. The van der Waals surface area contributed by atoms with E-state index in [4.69, 9.17) is 0 Å². The van der Waals surface area contributed by atoms with E-state index in [0.717, 1.165) is 23.0 Å². The molecule has 0 fully saturated rings. The van der Waals surface area contributed by atoms with Crippen molar-refractivity contribution >= 4 is 11.0 Å². The summed E-state index contributed by atoms with van der Waals surface area (Å²) in [7, 11) is 1.82. The third-order valence-electron chi connectivity index (χ3n) is 3.82. The molecule has 2 aromatic carbocycles. The number of rotatable bonds is 3. The highest BCUT2D eigenvalue weighted by molar-refractivity contribution is 5.75. The first kappa shape index (κ1) is 12.7. The van der Waals surface area contributed by atoms with E-state index in [1.165, 1.54) is 5.56 Å². The van der Waals surface area contributed by atoms with E-state index in [1.54, 1.807) is 4.57 Å². The molecule has 3 rings (SSSR count). The molecule has 0 aliphatic heterocycles. The molecule has 1 heterocycles. The summed E-state index contributed by atoms with van der Waals surface area (Å²) in [6.45, 7) is 2.76. The molecule has 0 saturated heterocycles. The first-order chi connectivity index (χ1) is 9.70. The molecule has 0 unspecified atom stereocenters. The lowest BCUT2D eigenvalue weighted by Crippen LogP contribution is -2.22. The number of hydrogen-bond acceptors (Lipinski definition) is 1. The van der Waals surface area contributed by atoms with Crippen LogP contribution < -0.4 is 5.69 Å². The fourth-order valence-electron chi connectivity index (χ4n) is 2.58. The molecule has 0 N–H and O–H groups in total. The Hall–Kier alpha value is -2.29. The minimum Gasteiger partial charge on any atom is -0.295 e. The van der Waals surface area contributed by atoms with Crippen LogP contribution in [0.3, 0.4) is 0 Å². The second-order valence-electron chi connectivity index (χ2n) is 5.09. The molecule has 0 spiro atoms. The normalized spacial score (nSPS) is 11.1. The van der Waals surface area contributed by atoms with Crippen LogP contribution in [0.5, 0.6) is 0 Å². The van der Waals surface area contributed by atoms with Gasteiger partial charge >= 0.3 is 5.69 Å². The van der Waals surface area contributed by atoms with Gasteiger partial charge in [0.1, 0.15) is 0 Å². The summed E-state index contributed by atoms with van der Waals surface area (Å²) >= 11 is 0. The fraction of sp³-hybridized carbons (Fsp3) is 0.235. The molecule has 3 heteroatoms. The van der Waals surface area contributed by atoms with E-state index in [1.807, 2.05) is 35.9 Å². The van der Waals surface area contributed by atoms with Gasteiger partial charge in [0.15, 0.2) is 0 Å². The van der Waals surface area contributed by atoms with Gasteiger partial charge in [-0.15, -0.1) is 0 Å². The molecule has 3 nitrogen and oxygen atoms in total. The van der Waals surface area contributed by atoms with Gasteiger partial charge in [-0.05, 0) is 29.7 Å². The average molecular weight is 266 g/mol. The first-order valence-electron chi connectivity index (χ1n) is 6.92. The molecular weight excluding hydrogens is 248 g/mol. The Labute approximate surface area is 118 Å². The van der Waals surface area contributed by atoms with Crippen LogP contribution >= 0.6 is 0 Å². The SMILES string of the molecule is CCc1ccc(Cn2c(=O)n(C)c3ccccc32)cc1. The standard InChI is InChI=1S/C17H18N2O/c1-3-13-8-10-14(11-9-13)12-19-16-7-5-4-6-15(16)18(2)17(19)20/h4-11H,3,12H2,1-2H3. The van der Waals surface area contributed by atoms with Gasteiger partial charge in [-0.3, -0.25) is 9.13 Å². The summed E-state index contributed by atoms with van der Waals surface area (Å²) in [5.74, 6) is 0. The summed E-state index contributed by atoms with van der Waals surface area (Å²) in [6, 6.07) is 16.4. The number of hydrogen-bond donors (Lipinski definition) is 0. The highest BCUT2D eigenvalue weighted by atomic mass is 16.1. The third-order valence-corrected chi connectivity index (χ3v) is 3.82. The predicted octanol–water partition coefficient (Wildman–Crippen LogP) is 2.95. The Balaban J connectivity index is 2.06. The molecule has 0 atom stereocenters. The van der Waals surface area contributed by atoms with Crippen molar-refractivity contribution in [3.8, 4) is 0 Å². The number of aromatic nitrogens is 2. The smallest absolute Gasteiger partial charge is 0.295 e. The van der Waals surface area contributed by atoms with Gasteiger partial charge in [0.2, 0.25) is 0 Å². The van der Waals surface area contributed by atoms with Crippen molar-refractivity contribution in [1.29, 1.82) is 0 Å². The van der Waals surface area contributed by atoms with Crippen LogP contribution in [0.25, 0.3) is 11.0 Å². The van der Waals surface area contributed by atoms with Crippen molar-refractivity contribution in [2.24, 2.45) is 7.05 Å². The largest absolute Gasteiger partial charge is 0.329 e. The van der Waals surface area contributed by atoms with Crippen LogP contribution in [0.15, 0.2) is 53.3 Å². The number of imidazole rings is 1. The van der Waals surface area contributed by atoms with Crippen molar-refractivity contribution in [2.45, 2.75) is 19.9 Å². The van der Waals surface area contributed by atoms with Gasteiger partial charge in [0.25, 0.3) is 0 Å². The number of para-hydroxylation sites is 2. The zero-order chi connectivity index (χ0) is 14.1. The van der Waals surface area contributed by atoms with E-state index >= 15 is 0 Å². The lowest BCUT2D eigenvalue weighted by Gasteiger charge is -2.04. The number of benzene rings is 2. The number of nitrogens with zero attached hydrogens (tertiary/aromatic N) is 2. The molecule has 20 heavy (non-hydrogen) atoms. The van der Waals surface area contributed by atoms with E-state index in [9.17, 15) is 4.79 Å². The van der Waals surface area contributed by atoms with Crippen molar-refractivity contribution in [2.75, 3.05) is 0 Å². The monoisotopic (exact) mass is 266 g/mol.